The average molecular weight is 218 g/mol. The quantitative estimate of drug-likeness (QED) is 0.666. The van der Waals surface area contributed by atoms with Gasteiger partial charge in [-0.25, -0.2) is 0 Å². The fourth-order valence-corrected chi connectivity index (χ4v) is 1.48. The molecule has 2 aromatic rings. The molecule has 0 heterocycles. The highest BCUT2D eigenvalue weighted by atomic mass is 16.3. The van der Waals surface area contributed by atoms with E-state index in [0.29, 0.717) is 5.75 Å². The first-order chi connectivity index (χ1) is 7.77. The molecule has 0 spiro atoms. The molecule has 0 aliphatic rings. The smallest absolute Gasteiger partial charge is 0.116 e. The summed E-state index contributed by atoms with van der Waals surface area (Å²) in [4.78, 5) is 0. The van der Waals surface area contributed by atoms with Gasteiger partial charge in [0.15, 0.2) is 0 Å². The van der Waals surface area contributed by atoms with Gasteiger partial charge in [0.25, 0.3) is 0 Å². The van der Waals surface area contributed by atoms with Gasteiger partial charge in [-0.3, -0.25) is 0 Å². The summed E-state index contributed by atoms with van der Waals surface area (Å²) in [7, 11) is 0. The number of hydrogen-bond acceptors (Lipinski definition) is 1. The minimum absolute atomic E-state index is 0.339. The van der Waals surface area contributed by atoms with Crippen LogP contribution < -0.4 is 0 Å². The van der Waals surface area contributed by atoms with E-state index in [1.807, 2.05) is 52.8 Å². The van der Waals surface area contributed by atoms with Crippen LogP contribution in [0.2, 0.25) is 0 Å². The van der Waals surface area contributed by atoms with Crippen molar-refractivity contribution in [1.29, 1.82) is 0 Å². The van der Waals surface area contributed by atoms with Crippen molar-refractivity contribution >= 4 is 10.8 Å². The second-order valence-corrected chi connectivity index (χ2v) is 2.98. The maximum atomic E-state index is 9.31. The van der Waals surface area contributed by atoms with Gasteiger partial charge in [0.2, 0.25) is 0 Å². The summed E-state index contributed by atoms with van der Waals surface area (Å²) < 4.78 is 0. The molecule has 0 fully saturated rings. The highest BCUT2D eigenvalue weighted by Gasteiger charge is 1.97. The zero-order valence-electron chi connectivity index (χ0n) is 10.9. The van der Waals surface area contributed by atoms with Gasteiger partial charge in [-0.05, 0) is 35.4 Å². The van der Waals surface area contributed by atoms with Gasteiger partial charge in [-0.1, -0.05) is 52.0 Å². The molecule has 16 heavy (non-hydrogen) atoms. The maximum absolute atomic E-state index is 9.31. The second-order valence-electron chi connectivity index (χ2n) is 2.98. The number of hydrogen-bond donors (Lipinski definition) is 1. The molecular formula is C15H22O. The fourth-order valence-electron chi connectivity index (χ4n) is 1.48. The monoisotopic (exact) mass is 218 g/mol. The molecule has 0 aliphatic carbocycles. The molecule has 88 valence electrons. The van der Waals surface area contributed by atoms with E-state index in [1.54, 1.807) is 12.1 Å². The van der Waals surface area contributed by atoms with Gasteiger partial charge in [0.1, 0.15) is 5.75 Å². The first-order valence-corrected chi connectivity index (χ1v) is 5.96. The van der Waals surface area contributed by atoms with Crippen LogP contribution >= 0.6 is 0 Å². The van der Waals surface area contributed by atoms with Crippen LogP contribution in [0.4, 0.5) is 0 Å². The lowest BCUT2D eigenvalue weighted by molar-refractivity contribution is 0.476. The summed E-state index contributed by atoms with van der Waals surface area (Å²) in [5, 5.41) is 11.6. The summed E-state index contributed by atoms with van der Waals surface area (Å²) >= 11 is 0. The Morgan fingerprint density at radius 1 is 0.875 bits per heavy atom. The predicted octanol–water partition coefficient (Wildman–Crippen LogP) is 4.91. The Labute approximate surface area is 98.7 Å². The molecular weight excluding hydrogens is 196 g/mol. The van der Waals surface area contributed by atoms with Crippen LogP contribution in [0.5, 0.6) is 5.75 Å². The van der Waals surface area contributed by atoms with Gasteiger partial charge >= 0.3 is 0 Å². The third kappa shape index (κ3) is 3.58. The molecule has 1 N–H and O–H groups in total. The molecule has 0 radical (unpaired) electrons. The minimum Gasteiger partial charge on any atom is -0.508 e. The number of phenolic OH excluding ortho intramolecular Hbond substituents is 1. The van der Waals surface area contributed by atoms with Crippen molar-refractivity contribution in [2.45, 2.75) is 34.6 Å². The summed E-state index contributed by atoms with van der Waals surface area (Å²) in [6.07, 6.45) is 0. The first-order valence-electron chi connectivity index (χ1n) is 5.96. The van der Waals surface area contributed by atoms with Crippen molar-refractivity contribution in [1.82, 2.24) is 0 Å². The van der Waals surface area contributed by atoms with E-state index in [1.165, 1.54) is 5.39 Å². The van der Waals surface area contributed by atoms with E-state index in [9.17, 15) is 5.11 Å². The molecule has 0 aromatic heterocycles. The van der Waals surface area contributed by atoms with Gasteiger partial charge in [0.05, 0.1) is 0 Å². The van der Waals surface area contributed by atoms with Crippen LogP contribution in [-0.2, 0) is 0 Å². The number of fused-ring (bicyclic) bond motifs is 1. The maximum Gasteiger partial charge on any atom is 0.116 e. The van der Waals surface area contributed by atoms with E-state index in [-0.39, 0.29) is 0 Å². The molecule has 0 aliphatic heterocycles. The Kier molecular flexibility index (Phi) is 7.02. The van der Waals surface area contributed by atoms with Gasteiger partial charge < -0.3 is 5.11 Å². The van der Waals surface area contributed by atoms with Crippen molar-refractivity contribution in [3.63, 3.8) is 0 Å². The number of aromatic hydroxyl groups is 1. The normalized spacial score (nSPS) is 8.56. The van der Waals surface area contributed by atoms with Crippen LogP contribution in [0, 0.1) is 6.92 Å². The molecule has 1 heteroatoms. The fraction of sp³-hybridized carbons (Fsp3) is 0.333. The molecule has 0 bridgehead atoms. The Hall–Kier alpha value is -1.50. The number of aryl methyl sites for hydroxylation is 1. The second kappa shape index (κ2) is 7.75. The summed E-state index contributed by atoms with van der Waals surface area (Å²) in [5.41, 5.74) is 1.12. The van der Waals surface area contributed by atoms with Gasteiger partial charge in [0, 0.05) is 0 Å². The number of rotatable bonds is 0. The predicted molar refractivity (Wildman–Crippen MR) is 73.0 cm³/mol. The molecule has 2 aromatic carbocycles. The van der Waals surface area contributed by atoms with Crippen molar-refractivity contribution in [2.75, 3.05) is 0 Å². The van der Waals surface area contributed by atoms with E-state index >= 15 is 0 Å². The van der Waals surface area contributed by atoms with Crippen LogP contribution in [0.1, 0.15) is 33.3 Å². The Bertz CT molecular complexity index is 419. The zero-order valence-corrected chi connectivity index (χ0v) is 10.9. The highest BCUT2D eigenvalue weighted by Crippen LogP contribution is 2.23. The molecule has 0 saturated carbocycles. The summed E-state index contributed by atoms with van der Waals surface area (Å²) in [6.45, 7) is 10.0. The standard InChI is InChI=1S/C11H10O.2C2H6/c1-8-6-10(12)7-9-4-2-3-5-11(8)9;2*1-2/h2-7,12H,1H3;2*1-2H3. The minimum atomic E-state index is 0.339. The molecule has 0 unspecified atom stereocenters. The largest absolute Gasteiger partial charge is 0.508 e. The zero-order chi connectivity index (χ0) is 12.6. The average Bonchev–Trinajstić information content (AvgIpc) is 2.34. The van der Waals surface area contributed by atoms with Gasteiger partial charge in [-0.15, -0.1) is 0 Å². The third-order valence-corrected chi connectivity index (χ3v) is 2.05. The lowest BCUT2D eigenvalue weighted by Gasteiger charge is -2.01. The topological polar surface area (TPSA) is 20.2 Å². The Morgan fingerprint density at radius 3 is 2.06 bits per heavy atom. The van der Waals surface area contributed by atoms with Crippen LogP contribution in [0.15, 0.2) is 36.4 Å². The molecule has 2 rings (SSSR count). The third-order valence-electron chi connectivity index (χ3n) is 2.05. The summed E-state index contributed by atoms with van der Waals surface area (Å²) in [6, 6.07) is 11.6. The summed E-state index contributed by atoms with van der Waals surface area (Å²) in [5.74, 6) is 0.339. The molecule has 0 atom stereocenters. The highest BCUT2D eigenvalue weighted by molar-refractivity contribution is 5.86. The SMILES string of the molecule is CC.CC.Cc1cc(O)cc2ccccc12. The van der Waals surface area contributed by atoms with Crippen LogP contribution in [0.25, 0.3) is 10.8 Å². The van der Waals surface area contributed by atoms with Gasteiger partial charge in [-0.2, -0.15) is 0 Å². The van der Waals surface area contributed by atoms with Crippen molar-refractivity contribution < 1.29 is 5.11 Å². The molecule has 0 saturated heterocycles. The van der Waals surface area contributed by atoms with Crippen molar-refractivity contribution in [3.8, 4) is 5.75 Å². The van der Waals surface area contributed by atoms with Crippen LogP contribution in [0.3, 0.4) is 0 Å². The Morgan fingerprint density at radius 2 is 1.44 bits per heavy atom. The van der Waals surface area contributed by atoms with Crippen molar-refractivity contribution in [3.05, 3.63) is 42.0 Å². The lowest BCUT2D eigenvalue weighted by atomic mass is 10.1. The number of phenols is 1. The Balaban J connectivity index is 0.000000509. The number of benzene rings is 2. The van der Waals surface area contributed by atoms with E-state index in [2.05, 4.69) is 6.07 Å². The first kappa shape index (κ1) is 14.5. The van der Waals surface area contributed by atoms with Crippen molar-refractivity contribution in [2.24, 2.45) is 0 Å². The van der Waals surface area contributed by atoms with E-state index < -0.39 is 0 Å². The van der Waals surface area contributed by atoms with E-state index in [4.69, 9.17) is 0 Å². The molecule has 1 nitrogen and oxygen atoms in total. The van der Waals surface area contributed by atoms with E-state index in [0.717, 1.165) is 10.9 Å². The molecule has 0 amide bonds. The van der Waals surface area contributed by atoms with Crippen LogP contribution in [-0.4, -0.2) is 5.11 Å². The lowest BCUT2D eigenvalue weighted by Crippen LogP contribution is -1.77.